The van der Waals surface area contributed by atoms with E-state index in [1.807, 2.05) is 0 Å². The minimum absolute atomic E-state index is 0.225. The van der Waals surface area contributed by atoms with Gasteiger partial charge in [0.1, 0.15) is 0 Å². The molecule has 29 heavy (non-hydrogen) atoms. The Morgan fingerprint density at radius 1 is 1.00 bits per heavy atom. The predicted octanol–water partition coefficient (Wildman–Crippen LogP) is 8.67. The highest BCUT2D eigenvalue weighted by Gasteiger charge is 2.74. The first-order valence-corrected chi connectivity index (χ1v) is 12.2. The maximum atomic E-state index is 4.75. The van der Waals surface area contributed by atoms with Crippen LogP contribution in [0.25, 0.3) is 0 Å². The molecule has 0 radical (unpaired) electrons. The summed E-state index contributed by atoms with van der Waals surface area (Å²) in [6.45, 7) is 29.1. The van der Waals surface area contributed by atoms with Crippen LogP contribution in [0, 0.1) is 39.9 Å². The van der Waals surface area contributed by atoms with Crippen LogP contribution in [-0.4, -0.2) is 0 Å². The van der Waals surface area contributed by atoms with Gasteiger partial charge in [0.2, 0.25) is 0 Å². The highest BCUT2D eigenvalue weighted by atomic mass is 14.8. The van der Waals surface area contributed by atoms with Crippen molar-refractivity contribution in [2.45, 2.75) is 93.9 Å². The maximum Gasteiger partial charge on any atom is 0.00428 e. The molecule has 3 fully saturated rings. The van der Waals surface area contributed by atoms with Crippen LogP contribution in [0.3, 0.4) is 0 Å². The summed E-state index contributed by atoms with van der Waals surface area (Å²) in [5.74, 6) is 2.94. The van der Waals surface area contributed by atoms with E-state index >= 15 is 0 Å². The molecule has 0 heteroatoms. The summed E-state index contributed by atoms with van der Waals surface area (Å²) in [4.78, 5) is 0. The summed E-state index contributed by atoms with van der Waals surface area (Å²) < 4.78 is 0. The highest BCUT2D eigenvalue weighted by Crippen LogP contribution is 2.80. The van der Waals surface area contributed by atoms with Gasteiger partial charge in [0.25, 0.3) is 0 Å². The van der Waals surface area contributed by atoms with Crippen molar-refractivity contribution in [1.29, 1.82) is 0 Å². The lowest BCUT2D eigenvalue weighted by atomic mass is 9.55. The van der Waals surface area contributed by atoms with E-state index < -0.39 is 0 Å². The number of allylic oxidation sites excluding steroid dienone is 6. The maximum absolute atomic E-state index is 4.75. The first-order chi connectivity index (χ1) is 13.4. The lowest BCUT2D eigenvalue weighted by Crippen LogP contribution is -2.42. The normalized spacial score (nSPS) is 45.7. The van der Waals surface area contributed by atoms with Gasteiger partial charge in [-0.25, -0.2) is 0 Å². The molecule has 0 heterocycles. The molecule has 0 aliphatic heterocycles. The minimum atomic E-state index is 0.225. The van der Waals surface area contributed by atoms with E-state index in [9.17, 15) is 0 Å². The third-order valence-electron chi connectivity index (χ3n) is 11.3. The molecule has 6 atom stereocenters. The molecular formula is C29H44. The van der Waals surface area contributed by atoms with E-state index in [1.54, 1.807) is 16.7 Å². The molecule has 4 rings (SSSR count). The molecule has 0 aromatic rings. The fourth-order valence-corrected chi connectivity index (χ4v) is 8.98. The van der Waals surface area contributed by atoms with E-state index in [4.69, 9.17) is 6.58 Å². The average molecular weight is 393 g/mol. The molecule has 0 spiro atoms. The summed E-state index contributed by atoms with van der Waals surface area (Å²) >= 11 is 0. The fraction of sp³-hybridized carbons (Fsp3) is 0.724. The Morgan fingerprint density at radius 2 is 1.59 bits per heavy atom. The molecule has 160 valence electrons. The van der Waals surface area contributed by atoms with Crippen LogP contribution in [0.15, 0.2) is 46.6 Å². The molecule has 4 aliphatic carbocycles. The lowest BCUT2D eigenvalue weighted by molar-refractivity contribution is 0.0353. The molecule has 0 aromatic carbocycles. The van der Waals surface area contributed by atoms with Crippen LogP contribution >= 0.6 is 0 Å². The van der Waals surface area contributed by atoms with Gasteiger partial charge in [-0.05, 0) is 97.7 Å². The first-order valence-electron chi connectivity index (χ1n) is 12.2. The van der Waals surface area contributed by atoms with Gasteiger partial charge in [0, 0.05) is 5.41 Å². The van der Waals surface area contributed by atoms with Gasteiger partial charge in [-0.3, -0.25) is 0 Å². The second-order valence-corrected chi connectivity index (χ2v) is 12.0. The summed E-state index contributed by atoms with van der Waals surface area (Å²) in [6, 6.07) is 0. The first kappa shape index (κ1) is 21.2. The summed E-state index contributed by atoms with van der Waals surface area (Å²) in [5.41, 5.74) is 10.0. The van der Waals surface area contributed by atoms with Crippen molar-refractivity contribution >= 4 is 0 Å². The molecule has 0 nitrogen and oxygen atoms in total. The van der Waals surface area contributed by atoms with Crippen molar-refractivity contribution in [3.63, 3.8) is 0 Å². The Hall–Kier alpha value is -1.04. The van der Waals surface area contributed by atoms with Crippen LogP contribution in [0.4, 0.5) is 0 Å². The van der Waals surface area contributed by atoms with Crippen molar-refractivity contribution in [3.05, 3.63) is 46.6 Å². The third-order valence-corrected chi connectivity index (χ3v) is 11.3. The number of rotatable bonds is 2. The predicted molar refractivity (Wildman–Crippen MR) is 127 cm³/mol. The van der Waals surface area contributed by atoms with E-state index in [-0.39, 0.29) is 5.41 Å². The highest BCUT2D eigenvalue weighted by molar-refractivity contribution is 5.52. The second-order valence-electron chi connectivity index (χ2n) is 12.0. The Bertz CT molecular complexity index is 830. The van der Waals surface area contributed by atoms with Gasteiger partial charge in [0.05, 0.1) is 0 Å². The van der Waals surface area contributed by atoms with E-state index in [1.165, 1.54) is 48.8 Å². The molecule has 0 amide bonds. The Labute approximate surface area is 180 Å². The molecular weight excluding hydrogens is 348 g/mol. The van der Waals surface area contributed by atoms with Crippen LogP contribution in [0.1, 0.15) is 93.9 Å². The van der Waals surface area contributed by atoms with Crippen LogP contribution < -0.4 is 0 Å². The summed E-state index contributed by atoms with van der Waals surface area (Å²) in [5, 5.41) is 0. The van der Waals surface area contributed by atoms with Crippen molar-refractivity contribution in [1.82, 2.24) is 0 Å². The van der Waals surface area contributed by atoms with Gasteiger partial charge >= 0.3 is 0 Å². The molecule has 6 unspecified atom stereocenters. The smallest absolute Gasteiger partial charge is 0.00428 e. The van der Waals surface area contributed by atoms with Crippen LogP contribution in [0.5, 0.6) is 0 Å². The largest absolute Gasteiger partial charge is 0.0955 e. The molecule has 3 saturated carbocycles. The summed E-state index contributed by atoms with van der Waals surface area (Å²) in [6.07, 6.45) is 8.03. The molecule has 0 bridgehead atoms. The van der Waals surface area contributed by atoms with E-state index in [0.717, 1.165) is 18.3 Å². The monoisotopic (exact) mass is 392 g/mol. The topological polar surface area (TPSA) is 0 Å². The third kappa shape index (κ3) is 2.38. The standard InChI is InChI=1S/C29H44/c1-17-15-23(20(4)19(17)3)16-18(2)26-21(5)22(6)28(9)25-14-12-11-13-24(25)27(7,8)29(26,28)10/h22-25H,1,5,11-16H2,2-4,6-10H3. The molecule has 0 N–H and O–H groups in total. The van der Waals surface area contributed by atoms with Crippen molar-refractivity contribution in [3.8, 4) is 0 Å². The second kappa shape index (κ2) is 6.48. The fourth-order valence-electron chi connectivity index (χ4n) is 8.98. The zero-order valence-electron chi connectivity index (χ0n) is 20.5. The zero-order valence-corrected chi connectivity index (χ0v) is 20.5. The minimum Gasteiger partial charge on any atom is -0.0955 e. The van der Waals surface area contributed by atoms with E-state index in [2.05, 4.69) is 62.0 Å². The SMILES string of the molecule is C=C1CC(CC(C)=C2C(=C)C(C)C3(C)C4CCCCC4C(C)(C)C23C)C(C)=C1C. The quantitative estimate of drug-likeness (QED) is 0.441. The Balaban J connectivity index is 1.83. The van der Waals surface area contributed by atoms with Gasteiger partial charge in [-0.2, -0.15) is 0 Å². The number of hydrogen-bond donors (Lipinski definition) is 0. The van der Waals surface area contributed by atoms with Crippen molar-refractivity contribution in [2.24, 2.45) is 39.9 Å². The van der Waals surface area contributed by atoms with Crippen LogP contribution in [0.2, 0.25) is 0 Å². The van der Waals surface area contributed by atoms with Gasteiger partial charge < -0.3 is 0 Å². The van der Waals surface area contributed by atoms with E-state index in [0.29, 0.717) is 22.7 Å². The number of fused-ring (bicyclic) bond motifs is 3. The van der Waals surface area contributed by atoms with Crippen molar-refractivity contribution in [2.75, 3.05) is 0 Å². The Kier molecular flexibility index (Phi) is 4.74. The van der Waals surface area contributed by atoms with Crippen LogP contribution in [-0.2, 0) is 0 Å². The molecule has 0 saturated heterocycles. The zero-order chi connectivity index (χ0) is 21.5. The summed E-state index contributed by atoms with van der Waals surface area (Å²) in [7, 11) is 0. The average Bonchev–Trinajstić information content (AvgIpc) is 3.06. The Morgan fingerprint density at radius 3 is 2.14 bits per heavy atom. The lowest BCUT2D eigenvalue weighted by Gasteiger charge is -2.48. The van der Waals surface area contributed by atoms with Gasteiger partial charge in [-0.1, -0.05) is 77.3 Å². The number of hydrogen-bond acceptors (Lipinski definition) is 0. The van der Waals surface area contributed by atoms with Crippen molar-refractivity contribution < 1.29 is 0 Å². The molecule has 0 aromatic heterocycles. The van der Waals surface area contributed by atoms with Gasteiger partial charge in [-0.15, -0.1) is 0 Å². The van der Waals surface area contributed by atoms with Gasteiger partial charge in [0.15, 0.2) is 0 Å². The molecule has 4 aliphatic rings.